The molecule has 0 spiro atoms. The van der Waals surface area contributed by atoms with Crippen molar-refractivity contribution in [2.75, 3.05) is 20.3 Å². The van der Waals surface area contributed by atoms with Crippen molar-refractivity contribution in [3.05, 3.63) is 84.5 Å². The fourth-order valence-electron chi connectivity index (χ4n) is 4.31. The van der Waals surface area contributed by atoms with Gasteiger partial charge in [-0.25, -0.2) is 9.79 Å². The van der Waals surface area contributed by atoms with Crippen LogP contribution in [0, 0.1) is 0 Å². The molecule has 3 aromatic rings. The van der Waals surface area contributed by atoms with Crippen molar-refractivity contribution in [3.8, 4) is 17.2 Å². The normalized spacial score (nSPS) is 15.2. The maximum atomic E-state index is 13.8. The first kappa shape index (κ1) is 27.2. The molecule has 8 nitrogen and oxygen atoms in total. The van der Waals surface area contributed by atoms with E-state index in [2.05, 4.69) is 4.99 Å². The number of hydrogen-bond donors (Lipinski definition) is 0. The van der Waals surface area contributed by atoms with Crippen LogP contribution in [0.5, 0.6) is 17.2 Å². The van der Waals surface area contributed by atoms with Crippen molar-refractivity contribution in [2.24, 2.45) is 4.99 Å². The molecule has 2 aromatic carbocycles. The van der Waals surface area contributed by atoms with Crippen LogP contribution in [0.4, 0.5) is 0 Å². The molecule has 0 amide bonds. The second kappa shape index (κ2) is 11.7. The van der Waals surface area contributed by atoms with Gasteiger partial charge in [0.1, 0.15) is 5.75 Å². The smallest absolute Gasteiger partial charge is 0.338 e. The van der Waals surface area contributed by atoms with Gasteiger partial charge in [0.25, 0.3) is 5.56 Å². The van der Waals surface area contributed by atoms with Gasteiger partial charge in [-0.05, 0) is 76.1 Å². The van der Waals surface area contributed by atoms with E-state index in [1.807, 2.05) is 57.2 Å². The topological polar surface area (TPSA) is 88.4 Å². The second-order valence-electron chi connectivity index (χ2n) is 8.88. The average Bonchev–Trinajstić information content (AvgIpc) is 3.18. The van der Waals surface area contributed by atoms with Crippen LogP contribution in [0.25, 0.3) is 6.08 Å². The number of esters is 1. The molecule has 4 rings (SSSR count). The summed E-state index contributed by atoms with van der Waals surface area (Å²) in [7, 11) is 1.58. The van der Waals surface area contributed by atoms with E-state index in [0.29, 0.717) is 44.5 Å². The predicted octanol–water partition coefficient (Wildman–Crippen LogP) is 3.99. The maximum absolute atomic E-state index is 13.8. The minimum atomic E-state index is -0.685. The van der Waals surface area contributed by atoms with Gasteiger partial charge in [-0.2, -0.15) is 0 Å². The molecule has 0 unspecified atom stereocenters. The Labute approximate surface area is 225 Å². The highest BCUT2D eigenvalue weighted by atomic mass is 32.1. The van der Waals surface area contributed by atoms with Crippen molar-refractivity contribution in [2.45, 2.75) is 46.8 Å². The Morgan fingerprint density at radius 1 is 1.11 bits per heavy atom. The van der Waals surface area contributed by atoms with E-state index in [0.717, 1.165) is 11.1 Å². The molecule has 0 saturated carbocycles. The van der Waals surface area contributed by atoms with E-state index in [9.17, 15) is 9.59 Å². The van der Waals surface area contributed by atoms with Gasteiger partial charge in [-0.3, -0.25) is 9.36 Å². The highest BCUT2D eigenvalue weighted by molar-refractivity contribution is 7.07. The van der Waals surface area contributed by atoms with Crippen molar-refractivity contribution < 1.29 is 23.7 Å². The fraction of sp³-hybridized carbons (Fsp3) is 0.345. The van der Waals surface area contributed by atoms with Gasteiger partial charge in [0.2, 0.25) is 0 Å². The number of carbonyl (C=O) groups excluding carboxylic acids is 1. The van der Waals surface area contributed by atoms with Crippen LogP contribution in [-0.4, -0.2) is 37.0 Å². The van der Waals surface area contributed by atoms with Gasteiger partial charge in [-0.1, -0.05) is 29.5 Å². The van der Waals surface area contributed by atoms with E-state index in [1.54, 1.807) is 37.7 Å². The van der Waals surface area contributed by atoms with Crippen LogP contribution >= 0.6 is 11.3 Å². The number of carbonyl (C=O) groups is 1. The van der Waals surface area contributed by atoms with Gasteiger partial charge >= 0.3 is 5.97 Å². The summed E-state index contributed by atoms with van der Waals surface area (Å²) in [5.41, 5.74) is 2.16. The Hall–Kier alpha value is -3.85. The summed E-state index contributed by atoms with van der Waals surface area (Å²) in [5.74, 6) is 1.43. The molecule has 1 atom stereocenters. The van der Waals surface area contributed by atoms with Gasteiger partial charge in [0.15, 0.2) is 16.3 Å². The summed E-state index contributed by atoms with van der Waals surface area (Å²) in [6.45, 7) is 10.0. The highest BCUT2D eigenvalue weighted by Crippen LogP contribution is 2.32. The molecule has 2 heterocycles. The molecule has 1 aromatic heterocycles. The number of hydrogen-bond acceptors (Lipinski definition) is 8. The molecule has 0 N–H and O–H groups in total. The lowest BCUT2D eigenvalue weighted by Gasteiger charge is -2.25. The van der Waals surface area contributed by atoms with E-state index in [4.69, 9.17) is 18.9 Å². The molecule has 0 radical (unpaired) electrons. The SMILES string of the molecule is CCOC(=O)C1=C(C)N=c2s/c(=C/c3ccc(OC)c(OCC)c3)c(=O)n2[C@H]1c1ccc(OC(C)C)cc1. The van der Waals surface area contributed by atoms with E-state index in [1.165, 1.54) is 11.3 Å². The van der Waals surface area contributed by atoms with Crippen LogP contribution in [-0.2, 0) is 9.53 Å². The molecule has 0 fully saturated rings. The Kier molecular flexibility index (Phi) is 8.36. The van der Waals surface area contributed by atoms with E-state index >= 15 is 0 Å². The molecule has 0 aliphatic carbocycles. The van der Waals surface area contributed by atoms with Crippen molar-refractivity contribution in [1.29, 1.82) is 0 Å². The number of methoxy groups -OCH3 is 1. The Morgan fingerprint density at radius 2 is 1.84 bits per heavy atom. The quantitative estimate of drug-likeness (QED) is 0.384. The molecule has 0 saturated heterocycles. The van der Waals surface area contributed by atoms with Crippen molar-refractivity contribution >= 4 is 23.4 Å². The number of nitrogens with zero attached hydrogens (tertiary/aromatic N) is 2. The summed E-state index contributed by atoms with van der Waals surface area (Å²) in [5, 5.41) is 0. The summed E-state index contributed by atoms with van der Waals surface area (Å²) in [6, 6.07) is 12.2. The second-order valence-corrected chi connectivity index (χ2v) is 9.89. The summed E-state index contributed by atoms with van der Waals surface area (Å²) in [4.78, 5) is 32.0. The zero-order chi connectivity index (χ0) is 27.4. The van der Waals surface area contributed by atoms with Crippen LogP contribution < -0.4 is 29.1 Å². The molecule has 38 heavy (non-hydrogen) atoms. The molecule has 0 bridgehead atoms. The predicted molar refractivity (Wildman–Crippen MR) is 147 cm³/mol. The third kappa shape index (κ3) is 5.52. The number of fused-ring (bicyclic) bond motifs is 1. The van der Waals surface area contributed by atoms with E-state index in [-0.39, 0.29) is 18.3 Å². The summed E-state index contributed by atoms with van der Waals surface area (Å²) >= 11 is 1.27. The lowest BCUT2D eigenvalue weighted by molar-refractivity contribution is -0.139. The number of rotatable bonds is 9. The van der Waals surface area contributed by atoms with Crippen LogP contribution in [0.2, 0.25) is 0 Å². The number of allylic oxidation sites excluding steroid dienone is 1. The van der Waals surface area contributed by atoms with Crippen LogP contribution in [0.3, 0.4) is 0 Å². The molecular formula is C29H32N2O6S. The largest absolute Gasteiger partial charge is 0.493 e. The number of thiazole rings is 1. The Morgan fingerprint density at radius 3 is 2.47 bits per heavy atom. The molecule has 9 heteroatoms. The third-order valence-corrected chi connectivity index (χ3v) is 6.85. The van der Waals surface area contributed by atoms with Crippen LogP contribution in [0.15, 0.2) is 63.5 Å². The lowest BCUT2D eigenvalue weighted by atomic mass is 9.96. The first-order valence-corrected chi connectivity index (χ1v) is 13.4. The monoisotopic (exact) mass is 536 g/mol. The first-order chi connectivity index (χ1) is 18.3. The van der Waals surface area contributed by atoms with Gasteiger partial charge in [-0.15, -0.1) is 0 Å². The lowest BCUT2D eigenvalue weighted by Crippen LogP contribution is -2.39. The Balaban J connectivity index is 1.87. The first-order valence-electron chi connectivity index (χ1n) is 12.5. The van der Waals surface area contributed by atoms with Gasteiger partial charge < -0.3 is 18.9 Å². The minimum absolute atomic E-state index is 0.0250. The number of aromatic nitrogens is 1. The highest BCUT2D eigenvalue weighted by Gasteiger charge is 2.33. The summed E-state index contributed by atoms with van der Waals surface area (Å²) < 4.78 is 24.3. The number of benzene rings is 2. The minimum Gasteiger partial charge on any atom is -0.493 e. The Bertz CT molecular complexity index is 1530. The third-order valence-electron chi connectivity index (χ3n) is 5.87. The average molecular weight is 537 g/mol. The zero-order valence-corrected chi connectivity index (χ0v) is 23.3. The standard InChI is InChI=1S/C29H32N2O6S/c1-7-35-23-15-19(9-14-22(23)34-6)16-24-27(32)31-26(20-10-12-21(13-11-20)37-17(3)4)25(28(33)36-8-2)18(5)30-29(31)38-24/h9-17,26H,7-8H2,1-6H3/b24-16+/t26-/m0/s1. The molecule has 1 aliphatic heterocycles. The van der Waals surface area contributed by atoms with Crippen LogP contribution in [0.1, 0.15) is 51.8 Å². The van der Waals surface area contributed by atoms with Gasteiger partial charge in [0, 0.05) is 0 Å². The molecule has 200 valence electrons. The van der Waals surface area contributed by atoms with E-state index < -0.39 is 12.0 Å². The van der Waals surface area contributed by atoms with Crippen molar-refractivity contribution in [1.82, 2.24) is 4.57 Å². The fourth-order valence-corrected chi connectivity index (χ4v) is 5.36. The summed E-state index contributed by atoms with van der Waals surface area (Å²) in [6.07, 6.45) is 1.82. The van der Waals surface area contributed by atoms with Gasteiger partial charge in [0.05, 0.1) is 48.3 Å². The maximum Gasteiger partial charge on any atom is 0.338 e. The zero-order valence-electron chi connectivity index (χ0n) is 22.4. The van der Waals surface area contributed by atoms with Crippen molar-refractivity contribution in [3.63, 3.8) is 0 Å². The number of ether oxygens (including phenoxy) is 4. The molecular weight excluding hydrogens is 504 g/mol. The molecule has 1 aliphatic rings.